The van der Waals surface area contributed by atoms with E-state index < -0.39 is 0 Å². The van der Waals surface area contributed by atoms with Crippen LogP contribution in [0.3, 0.4) is 0 Å². The third kappa shape index (κ3) is 4.05. The molecule has 0 bridgehead atoms. The molecule has 2 N–H and O–H groups in total. The molecule has 0 saturated carbocycles. The van der Waals surface area contributed by atoms with Crippen molar-refractivity contribution in [1.29, 1.82) is 0 Å². The molecule has 0 atom stereocenters. The van der Waals surface area contributed by atoms with Gasteiger partial charge in [0.2, 0.25) is 0 Å². The van der Waals surface area contributed by atoms with Gasteiger partial charge in [-0.2, -0.15) is 0 Å². The maximum Gasteiger partial charge on any atom is 0.320 e. The summed E-state index contributed by atoms with van der Waals surface area (Å²) < 4.78 is 19.2. The number of urea groups is 1. The van der Waals surface area contributed by atoms with Gasteiger partial charge < -0.3 is 25.0 Å². The molecule has 9 nitrogen and oxygen atoms in total. The number of benzene rings is 1. The quantitative estimate of drug-likeness (QED) is 0.414. The van der Waals surface area contributed by atoms with E-state index in [0.29, 0.717) is 47.8 Å². The number of hydrogen-bond donors (Lipinski definition) is 2. The largest absolute Gasteiger partial charge is 0.375 e. The number of rotatable bonds is 4. The van der Waals surface area contributed by atoms with Crippen LogP contribution in [0, 0.1) is 11.7 Å². The maximum atomic E-state index is 15.1. The van der Waals surface area contributed by atoms with Crippen LogP contribution in [0.15, 0.2) is 48.9 Å². The highest BCUT2D eigenvalue weighted by Crippen LogP contribution is 2.38. The van der Waals surface area contributed by atoms with Gasteiger partial charge >= 0.3 is 6.03 Å². The van der Waals surface area contributed by atoms with Crippen LogP contribution in [0.2, 0.25) is 0 Å². The first kappa shape index (κ1) is 24.8. The van der Waals surface area contributed by atoms with Gasteiger partial charge in [-0.15, -0.1) is 0 Å². The smallest absolute Gasteiger partial charge is 0.320 e. The molecule has 2 amide bonds. The summed E-state index contributed by atoms with van der Waals surface area (Å²) in [5, 5.41) is 7.20. The normalized spacial score (nSPS) is 18.2. The van der Waals surface area contributed by atoms with E-state index in [1.807, 2.05) is 51.8 Å². The molecule has 0 aliphatic carbocycles. The minimum atomic E-state index is -0.376. The molecule has 3 aliphatic rings. The van der Waals surface area contributed by atoms with Gasteiger partial charge in [-0.3, -0.25) is 9.20 Å². The monoisotopic (exact) mass is 541 g/mol. The number of carbonyl (C=O) groups excluding carboxylic acids is 2. The van der Waals surface area contributed by atoms with E-state index in [0.717, 1.165) is 54.9 Å². The lowest BCUT2D eigenvalue weighted by Crippen LogP contribution is -2.47. The molecule has 0 unspecified atom stereocenters. The number of likely N-dealkylation sites (tertiary alicyclic amines) is 1. The second kappa shape index (κ2) is 9.78. The predicted molar refractivity (Wildman–Crippen MR) is 151 cm³/mol. The van der Waals surface area contributed by atoms with Crippen LogP contribution in [-0.4, -0.2) is 75.3 Å². The van der Waals surface area contributed by atoms with Gasteiger partial charge in [-0.1, -0.05) is 6.07 Å². The number of fused-ring (bicyclic) bond motifs is 1. The Hall–Kier alpha value is -4.18. The van der Waals surface area contributed by atoms with E-state index in [1.54, 1.807) is 6.20 Å². The van der Waals surface area contributed by atoms with Crippen LogP contribution in [0.4, 0.5) is 9.18 Å². The van der Waals surface area contributed by atoms with Crippen LogP contribution in [-0.2, 0) is 17.9 Å². The molecule has 10 heteroatoms. The zero-order valence-electron chi connectivity index (χ0n) is 22.5. The van der Waals surface area contributed by atoms with Gasteiger partial charge in [0.25, 0.3) is 0 Å². The molecule has 1 saturated heterocycles. The van der Waals surface area contributed by atoms with Gasteiger partial charge in [0.1, 0.15) is 11.5 Å². The fourth-order valence-corrected chi connectivity index (χ4v) is 6.59. The summed E-state index contributed by atoms with van der Waals surface area (Å²) >= 11 is 0. The Kier molecular flexibility index (Phi) is 6.07. The summed E-state index contributed by atoms with van der Waals surface area (Å²) in [6, 6.07) is 8.81. The van der Waals surface area contributed by atoms with Gasteiger partial charge in [0.05, 0.1) is 35.2 Å². The molecular formula is C30H32FN7O2. The Labute approximate surface area is 231 Å². The average molecular weight is 542 g/mol. The highest BCUT2D eigenvalue weighted by Gasteiger charge is 2.32. The van der Waals surface area contributed by atoms with Gasteiger partial charge in [0.15, 0.2) is 5.78 Å². The number of nitrogens with zero attached hydrogens (tertiary/aromatic N) is 5. The van der Waals surface area contributed by atoms with E-state index in [1.165, 1.54) is 12.1 Å². The van der Waals surface area contributed by atoms with Gasteiger partial charge in [-0.25, -0.2) is 14.2 Å². The lowest BCUT2D eigenvalue weighted by Gasteiger charge is -2.35. The molecule has 1 fully saturated rings. The summed E-state index contributed by atoms with van der Waals surface area (Å²) in [6.07, 6.45) is 7.60. The van der Waals surface area contributed by atoms with Crippen molar-refractivity contribution in [3.63, 3.8) is 0 Å². The fourth-order valence-electron chi connectivity index (χ4n) is 6.59. The number of hydrogen-bond acceptors (Lipinski definition) is 5. The molecule has 0 spiro atoms. The third-order valence-corrected chi connectivity index (χ3v) is 8.53. The SMILES string of the molecule is CNCC1CCN(C(=O)N2CCn3cc(C4=C(c5cnc6ccccn56)NCC4=O)c4cc(F)cc(c43)C2)CC1. The first-order chi connectivity index (χ1) is 19.5. The fraction of sp³-hybridized carbons (Fsp3) is 0.367. The Morgan fingerprint density at radius 1 is 1.15 bits per heavy atom. The second-order valence-corrected chi connectivity index (χ2v) is 11.0. The van der Waals surface area contributed by atoms with Crippen LogP contribution >= 0.6 is 0 Å². The summed E-state index contributed by atoms with van der Waals surface area (Å²) in [4.78, 5) is 35.1. The topological polar surface area (TPSA) is 86.9 Å². The number of halogens is 1. The lowest BCUT2D eigenvalue weighted by molar-refractivity contribution is -0.112. The molecule has 6 heterocycles. The van der Waals surface area contributed by atoms with Crippen LogP contribution in [0.5, 0.6) is 0 Å². The summed E-state index contributed by atoms with van der Waals surface area (Å²) in [5.74, 6) is 0.174. The van der Waals surface area contributed by atoms with E-state index in [-0.39, 0.29) is 24.2 Å². The van der Waals surface area contributed by atoms with Crippen LogP contribution < -0.4 is 10.6 Å². The number of ketones is 1. The number of Topliss-reactive ketones (excluding diaryl/α,β-unsaturated/α-hetero) is 1. The van der Waals surface area contributed by atoms with Crippen molar-refractivity contribution in [1.82, 2.24) is 34.4 Å². The molecule has 3 aliphatic heterocycles. The number of piperidine rings is 1. The minimum absolute atomic E-state index is 0.0130. The van der Waals surface area contributed by atoms with Crippen molar-refractivity contribution in [3.05, 3.63) is 71.6 Å². The van der Waals surface area contributed by atoms with Crippen molar-refractivity contribution in [2.24, 2.45) is 5.92 Å². The molecule has 3 aromatic heterocycles. The molecule has 0 radical (unpaired) electrons. The Morgan fingerprint density at radius 3 is 2.83 bits per heavy atom. The first-order valence-corrected chi connectivity index (χ1v) is 14.0. The number of imidazole rings is 1. The Bertz CT molecular complexity index is 1680. The second-order valence-electron chi connectivity index (χ2n) is 11.0. The summed E-state index contributed by atoms with van der Waals surface area (Å²) in [5.41, 5.74) is 5.16. The van der Waals surface area contributed by atoms with E-state index in [4.69, 9.17) is 0 Å². The molecule has 7 rings (SSSR count). The van der Waals surface area contributed by atoms with E-state index >= 15 is 4.39 Å². The van der Waals surface area contributed by atoms with Crippen molar-refractivity contribution < 1.29 is 14.0 Å². The highest BCUT2D eigenvalue weighted by atomic mass is 19.1. The van der Waals surface area contributed by atoms with Crippen molar-refractivity contribution >= 4 is 39.6 Å². The summed E-state index contributed by atoms with van der Waals surface area (Å²) in [6.45, 7) is 4.04. The first-order valence-electron chi connectivity index (χ1n) is 14.0. The van der Waals surface area contributed by atoms with Crippen LogP contribution in [0.1, 0.15) is 29.7 Å². The molecule has 1 aromatic carbocycles. The van der Waals surface area contributed by atoms with E-state index in [2.05, 4.69) is 20.2 Å². The number of pyridine rings is 1. The van der Waals surface area contributed by atoms with Crippen LogP contribution in [0.25, 0.3) is 27.8 Å². The van der Waals surface area contributed by atoms with Crippen molar-refractivity contribution in [3.8, 4) is 0 Å². The predicted octanol–water partition coefficient (Wildman–Crippen LogP) is 3.34. The summed E-state index contributed by atoms with van der Waals surface area (Å²) in [7, 11) is 1.96. The zero-order valence-corrected chi connectivity index (χ0v) is 22.5. The highest BCUT2D eigenvalue weighted by molar-refractivity contribution is 6.33. The van der Waals surface area contributed by atoms with Gasteiger partial charge in [-0.05, 0) is 62.2 Å². The standard InChI is InChI=1S/C30H32FN7O2/c1-32-14-19-5-8-35(9-6-19)30(40)37-11-10-36-18-23(22-13-21(31)12-20(17-37)29(22)36)27-25(39)16-34-28(27)24-15-33-26-4-2-3-7-38(24)26/h2-4,7,12-13,15,18-19,32,34H,5-6,8-11,14,16-17H2,1H3. The Balaban J connectivity index is 1.26. The molecular weight excluding hydrogens is 509 g/mol. The molecule has 206 valence electrons. The maximum absolute atomic E-state index is 15.1. The number of aromatic nitrogens is 3. The minimum Gasteiger partial charge on any atom is -0.375 e. The third-order valence-electron chi connectivity index (χ3n) is 8.53. The molecule has 40 heavy (non-hydrogen) atoms. The number of carbonyl (C=O) groups is 2. The number of nitrogens with one attached hydrogen (secondary N) is 2. The lowest BCUT2D eigenvalue weighted by atomic mass is 9.97. The van der Waals surface area contributed by atoms with Crippen molar-refractivity contribution in [2.45, 2.75) is 25.9 Å². The van der Waals surface area contributed by atoms with E-state index in [9.17, 15) is 9.59 Å². The average Bonchev–Trinajstić information content (AvgIpc) is 3.62. The van der Waals surface area contributed by atoms with Gasteiger partial charge in [0, 0.05) is 56.1 Å². The zero-order chi connectivity index (χ0) is 27.4. The molecule has 4 aromatic rings. The number of amides is 2. The van der Waals surface area contributed by atoms with Crippen molar-refractivity contribution in [2.75, 3.05) is 39.8 Å². The Morgan fingerprint density at radius 2 is 2.00 bits per heavy atom.